The Labute approximate surface area is 110 Å². The van der Waals surface area contributed by atoms with Crippen LogP contribution in [-0.2, 0) is 0 Å². The summed E-state index contributed by atoms with van der Waals surface area (Å²) in [6.45, 7) is 4.14. The number of hydrogen-bond donors (Lipinski definition) is 2. The Morgan fingerprint density at radius 3 is 2.41 bits per heavy atom. The molecule has 2 aromatic carbocycles. The fourth-order valence-electron chi connectivity index (χ4n) is 1.69. The standard InChI is InChI=1S/C14H15BrN2/c1-9-3-5-12(16)8-14(9)17-13-6-4-11(15)7-10(13)2/h3-8,17H,16H2,1-2H3. The van der Waals surface area contributed by atoms with Crippen LogP contribution in [0.4, 0.5) is 17.1 Å². The molecule has 17 heavy (non-hydrogen) atoms. The van der Waals surface area contributed by atoms with Crippen LogP contribution in [-0.4, -0.2) is 0 Å². The SMILES string of the molecule is Cc1cc(Br)ccc1Nc1cc(N)ccc1C. The quantitative estimate of drug-likeness (QED) is 0.805. The van der Waals surface area contributed by atoms with Crippen molar-refractivity contribution in [1.82, 2.24) is 0 Å². The number of nitrogens with two attached hydrogens (primary N) is 1. The van der Waals surface area contributed by atoms with Crippen molar-refractivity contribution >= 4 is 33.0 Å². The normalized spacial score (nSPS) is 10.3. The first-order valence-electron chi connectivity index (χ1n) is 5.45. The minimum Gasteiger partial charge on any atom is -0.399 e. The van der Waals surface area contributed by atoms with Gasteiger partial charge in [0.05, 0.1) is 0 Å². The monoisotopic (exact) mass is 290 g/mol. The summed E-state index contributed by atoms with van der Waals surface area (Å²) >= 11 is 3.46. The zero-order valence-electron chi connectivity index (χ0n) is 9.92. The number of rotatable bonds is 2. The van der Waals surface area contributed by atoms with Gasteiger partial charge < -0.3 is 11.1 Å². The van der Waals surface area contributed by atoms with E-state index in [4.69, 9.17) is 5.73 Å². The van der Waals surface area contributed by atoms with Gasteiger partial charge in [-0.1, -0.05) is 22.0 Å². The van der Waals surface area contributed by atoms with Gasteiger partial charge in [0, 0.05) is 21.5 Å². The third-order valence-electron chi connectivity index (χ3n) is 2.72. The summed E-state index contributed by atoms with van der Waals surface area (Å²) in [5.74, 6) is 0. The van der Waals surface area contributed by atoms with Crippen molar-refractivity contribution in [2.24, 2.45) is 0 Å². The van der Waals surface area contributed by atoms with Crippen LogP contribution in [0.15, 0.2) is 40.9 Å². The van der Waals surface area contributed by atoms with Gasteiger partial charge in [-0.15, -0.1) is 0 Å². The molecule has 0 amide bonds. The van der Waals surface area contributed by atoms with E-state index in [1.807, 2.05) is 24.3 Å². The molecule has 2 rings (SSSR count). The predicted octanol–water partition coefficient (Wildman–Crippen LogP) is 4.39. The molecule has 0 radical (unpaired) electrons. The second-order valence-corrected chi connectivity index (χ2v) is 5.07. The summed E-state index contributed by atoms with van der Waals surface area (Å²) in [7, 11) is 0. The lowest BCUT2D eigenvalue weighted by Gasteiger charge is -2.12. The summed E-state index contributed by atoms with van der Waals surface area (Å²) in [6.07, 6.45) is 0. The van der Waals surface area contributed by atoms with E-state index in [1.54, 1.807) is 0 Å². The van der Waals surface area contributed by atoms with E-state index in [0.717, 1.165) is 21.5 Å². The van der Waals surface area contributed by atoms with Gasteiger partial charge in [-0.2, -0.15) is 0 Å². The predicted molar refractivity (Wildman–Crippen MR) is 77.8 cm³/mol. The first-order chi connectivity index (χ1) is 8.06. The molecule has 0 spiro atoms. The fourth-order valence-corrected chi connectivity index (χ4v) is 2.16. The number of nitrogen functional groups attached to an aromatic ring is 1. The Bertz CT molecular complexity index is 550. The molecule has 3 heteroatoms. The third kappa shape index (κ3) is 2.80. The smallest absolute Gasteiger partial charge is 0.0434 e. The molecule has 0 fully saturated rings. The van der Waals surface area contributed by atoms with Crippen molar-refractivity contribution in [1.29, 1.82) is 0 Å². The zero-order valence-corrected chi connectivity index (χ0v) is 11.5. The second-order valence-electron chi connectivity index (χ2n) is 4.16. The molecule has 0 aromatic heterocycles. The number of halogens is 1. The average Bonchev–Trinajstić information content (AvgIpc) is 2.27. The number of hydrogen-bond acceptors (Lipinski definition) is 2. The maximum absolute atomic E-state index is 5.80. The first-order valence-corrected chi connectivity index (χ1v) is 6.25. The largest absolute Gasteiger partial charge is 0.399 e. The molecule has 0 bridgehead atoms. The summed E-state index contributed by atoms with van der Waals surface area (Å²) in [5.41, 5.74) is 11.1. The highest BCUT2D eigenvalue weighted by Gasteiger charge is 2.02. The highest BCUT2D eigenvalue weighted by molar-refractivity contribution is 9.10. The molecule has 0 aliphatic rings. The molecule has 2 aromatic rings. The zero-order chi connectivity index (χ0) is 12.4. The van der Waals surface area contributed by atoms with Gasteiger partial charge in [0.2, 0.25) is 0 Å². The van der Waals surface area contributed by atoms with Gasteiger partial charge in [0.25, 0.3) is 0 Å². The van der Waals surface area contributed by atoms with E-state index in [2.05, 4.69) is 47.2 Å². The van der Waals surface area contributed by atoms with Crippen LogP contribution in [0.5, 0.6) is 0 Å². The number of benzene rings is 2. The molecule has 0 heterocycles. The molecule has 0 unspecified atom stereocenters. The molecule has 0 saturated carbocycles. The maximum Gasteiger partial charge on any atom is 0.0434 e. The Morgan fingerprint density at radius 2 is 1.71 bits per heavy atom. The van der Waals surface area contributed by atoms with E-state index in [-0.39, 0.29) is 0 Å². The van der Waals surface area contributed by atoms with E-state index in [1.165, 1.54) is 11.1 Å². The average molecular weight is 291 g/mol. The van der Waals surface area contributed by atoms with Gasteiger partial charge in [-0.3, -0.25) is 0 Å². The first kappa shape index (κ1) is 12.0. The number of nitrogens with one attached hydrogen (secondary N) is 1. The van der Waals surface area contributed by atoms with Gasteiger partial charge in [0.15, 0.2) is 0 Å². The van der Waals surface area contributed by atoms with Gasteiger partial charge in [-0.25, -0.2) is 0 Å². The van der Waals surface area contributed by atoms with E-state index >= 15 is 0 Å². The van der Waals surface area contributed by atoms with Crippen molar-refractivity contribution in [2.45, 2.75) is 13.8 Å². The lowest BCUT2D eigenvalue weighted by Crippen LogP contribution is -1.96. The van der Waals surface area contributed by atoms with E-state index < -0.39 is 0 Å². The molecule has 0 saturated heterocycles. The van der Waals surface area contributed by atoms with Crippen molar-refractivity contribution in [3.63, 3.8) is 0 Å². The highest BCUT2D eigenvalue weighted by Crippen LogP contribution is 2.26. The van der Waals surface area contributed by atoms with Crippen molar-refractivity contribution < 1.29 is 0 Å². The van der Waals surface area contributed by atoms with Crippen LogP contribution in [0.1, 0.15) is 11.1 Å². The van der Waals surface area contributed by atoms with Crippen LogP contribution >= 0.6 is 15.9 Å². The minimum atomic E-state index is 0.771. The Kier molecular flexibility index (Phi) is 3.38. The molecule has 88 valence electrons. The summed E-state index contributed by atoms with van der Waals surface area (Å²) in [5, 5.41) is 3.41. The third-order valence-corrected chi connectivity index (χ3v) is 3.21. The Balaban J connectivity index is 2.34. The van der Waals surface area contributed by atoms with Crippen LogP contribution < -0.4 is 11.1 Å². The van der Waals surface area contributed by atoms with Gasteiger partial charge >= 0.3 is 0 Å². The van der Waals surface area contributed by atoms with E-state index in [9.17, 15) is 0 Å². The summed E-state index contributed by atoms with van der Waals surface area (Å²) in [4.78, 5) is 0. The summed E-state index contributed by atoms with van der Waals surface area (Å²) in [6, 6.07) is 12.1. The maximum atomic E-state index is 5.80. The summed E-state index contributed by atoms with van der Waals surface area (Å²) < 4.78 is 1.09. The van der Waals surface area contributed by atoms with E-state index in [0.29, 0.717) is 0 Å². The van der Waals surface area contributed by atoms with Crippen LogP contribution in [0.25, 0.3) is 0 Å². The fraction of sp³-hybridized carbons (Fsp3) is 0.143. The van der Waals surface area contributed by atoms with Crippen LogP contribution in [0, 0.1) is 13.8 Å². The van der Waals surface area contributed by atoms with Gasteiger partial charge in [-0.05, 0) is 55.3 Å². The molecule has 0 aliphatic heterocycles. The highest BCUT2D eigenvalue weighted by atomic mass is 79.9. The molecule has 3 N–H and O–H groups in total. The van der Waals surface area contributed by atoms with Crippen molar-refractivity contribution in [3.8, 4) is 0 Å². The van der Waals surface area contributed by atoms with Crippen molar-refractivity contribution in [2.75, 3.05) is 11.1 Å². The topological polar surface area (TPSA) is 38.0 Å². The molecular weight excluding hydrogens is 276 g/mol. The molecule has 0 aliphatic carbocycles. The molecule has 0 atom stereocenters. The Morgan fingerprint density at radius 1 is 0.941 bits per heavy atom. The number of aryl methyl sites for hydroxylation is 2. The Hall–Kier alpha value is -1.48. The van der Waals surface area contributed by atoms with Crippen LogP contribution in [0.2, 0.25) is 0 Å². The van der Waals surface area contributed by atoms with Gasteiger partial charge in [0.1, 0.15) is 0 Å². The van der Waals surface area contributed by atoms with Crippen molar-refractivity contribution in [3.05, 3.63) is 52.0 Å². The number of anilines is 3. The molecular formula is C14H15BrN2. The lowest BCUT2D eigenvalue weighted by molar-refractivity contribution is 1.38. The molecule has 2 nitrogen and oxygen atoms in total. The second kappa shape index (κ2) is 4.80. The van der Waals surface area contributed by atoms with Crippen LogP contribution in [0.3, 0.4) is 0 Å². The lowest BCUT2D eigenvalue weighted by atomic mass is 10.1. The minimum absolute atomic E-state index is 0.771.